The van der Waals surface area contributed by atoms with Gasteiger partial charge in [0.1, 0.15) is 0 Å². The van der Waals surface area contributed by atoms with Gasteiger partial charge in [-0.15, -0.1) is 0 Å². The number of hydrogen-bond acceptors (Lipinski definition) is 2. The molecule has 1 heterocycles. The molecule has 0 saturated carbocycles. The molecular formula is C13H14F3NO2. The Morgan fingerprint density at radius 2 is 1.89 bits per heavy atom. The molecule has 1 aromatic rings. The van der Waals surface area contributed by atoms with E-state index in [1.165, 1.54) is 12.1 Å². The molecule has 0 radical (unpaired) electrons. The maximum Gasteiger partial charge on any atom is 0.416 e. The van der Waals surface area contributed by atoms with E-state index in [1.54, 1.807) is 0 Å². The number of hydrogen-bond donors (Lipinski definition) is 2. The van der Waals surface area contributed by atoms with E-state index < -0.39 is 17.7 Å². The summed E-state index contributed by atoms with van der Waals surface area (Å²) in [7, 11) is 0. The largest absolute Gasteiger partial charge is 0.481 e. The number of rotatable bonds is 3. The maximum absolute atomic E-state index is 12.5. The molecule has 1 aromatic carbocycles. The molecule has 0 spiro atoms. The van der Waals surface area contributed by atoms with Crippen LogP contribution in [-0.2, 0) is 11.0 Å². The molecule has 1 aliphatic rings. The van der Waals surface area contributed by atoms with Crippen LogP contribution < -0.4 is 5.32 Å². The van der Waals surface area contributed by atoms with Crippen LogP contribution in [0.5, 0.6) is 0 Å². The summed E-state index contributed by atoms with van der Waals surface area (Å²) >= 11 is 0. The van der Waals surface area contributed by atoms with Crippen LogP contribution in [0.25, 0.3) is 0 Å². The van der Waals surface area contributed by atoms with Crippen molar-refractivity contribution in [2.24, 2.45) is 5.92 Å². The standard InChI is InChI=1S/C13H14F3NO2/c14-13(15,16)10-3-1-8(2-4-10)11-7-17-6-9(11)5-12(18)19/h1-4,9,11,17H,5-7H2,(H,18,19). The fraction of sp³-hybridized carbons (Fsp3) is 0.462. The van der Waals surface area contributed by atoms with Gasteiger partial charge in [0.2, 0.25) is 0 Å². The van der Waals surface area contributed by atoms with Gasteiger partial charge < -0.3 is 10.4 Å². The minimum atomic E-state index is -4.34. The van der Waals surface area contributed by atoms with E-state index in [0.29, 0.717) is 13.1 Å². The lowest BCUT2D eigenvalue weighted by Crippen LogP contribution is -2.15. The van der Waals surface area contributed by atoms with Crippen molar-refractivity contribution in [2.75, 3.05) is 13.1 Å². The lowest BCUT2D eigenvalue weighted by molar-refractivity contribution is -0.138. The zero-order valence-corrected chi connectivity index (χ0v) is 10.1. The molecule has 104 valence electrons. The Balaban J connectivity index is 2.15. The van der Waals surface area contributed by atoms with Crippen molar-refractivity contribution >= 4 is 5.97 Å². The van der Waals surface area contributed by atoms with Gasteiger partial charge in [-0.25, -0.2) is 0 Å². The molecule has 1 aliphatic heterocycles. The van der Waals surface area contributed by atoms with Crippen molar-refractivity contribution in [1.82, 2.24) is 5.32 Å². The molecular weight excluding hydrogens is 259 g/mol. The van der Waals surface area contributed by atoms with Crippen LogP contribution in [0.2, 0.25) is 0 Å². The van der Waals surface area contributed by atoms with E-state index in [-0.39, 0.29) is 18.3 Å². The van der Waals surface area contributed by atoms with Crippen LogP contribution in [0.4, 0.5) is 13.2 Å². The quantitative estimate of drug-likeness (QED) is 0.889. The van der Waals surface area contributed by atoms with Gasteiger partial charge in [0.05, 0.1) is 5.56 Å². The summed E-state index contributed by atoms with van der Waals surface area (Å²) in [6.45, 7) is 1.18. The van der Waals surface area contributed by atoms with Crippen LogP contribution in [0, 0.1) is 5.92 Å². The normalized spacial score (nSPS) is 23.5. The molecule has 0 bridgehead atoms. The highest BCUT2D eigenvalue weighted by atomic mass is 19.4. The van der Waals surface area contributed by atoms with Crippen LogP contribution in [-0.4, -0.2) is 24.2 Å². The molecule has 6 heteroatoms. The minimum Gasteiger partial charge on any atom is -0.481 e. The second-order valence-electron chi connectivity index (χ2n) is 4.74. The fourth-order valence-electron chi connectivity index (χ4n) is 2.48. The van der Waals surface area contributed by atoms with E-state index in [0.717, 1.165) is 17.7 Å². The Labute approximate surface area is 108 Å². The Hall–Kier alpha value is -1.56. The topological polar surface area (TPSA) is 49.3 Å². The third-order valence-corrected chi connectivity index (χ3v) is 3.44. The van der Waals surface area contributed by atoms with Crippen molar-refractivity contribution in [3.05, 3.63) is 35.4 Å². The van der Waals surface area contributed by atoms with Gasteiger partial charge in [-0.05, 0) is 30.2 Å². The number of carbonyl (C=O) groups is 1. The summed E-state index contributed by atoms with van der Waals surface area (Å²) in [6, 6.07) is 4.97. The molecule has 2 atom stereocenters. The zero-order chi connectivity index (χ0) is 14.0. The molecule has 0 amide bonds. The summed E-state index contributed by atoms with van der Waals surface area (Å²) < 4.78 is 37.4. The summed E-state index contributed by atoms with van der Waals surface area (Å²) in [4.78, 5) is 10.7. The molecule has 0 aliphatic carbocycles. The van der Waals surface area contributed by atoms with Gasteiger partial charge in [-0.2, -0.15) is 13.2 Å². The van der Waals surface area contributed by atoms with Gasteiger partial charge >= 0.3 is 12.1 Å². The lowest BCUT2D eigenvalue weighted by atomic mass is 9.86. The van der Waals surface area contributed by atoms with Crippen molar-refractivity contribution < 1.29 is 23.1 Å². The van der Waals surface area contributed by atoms with E-state index in [4.69, 9.17) is 5.11 Å². The molecule has 3 nitrogen and oxygen atoms in total. The second-order valence-corrected chi connectivity index (χ2v) is 4.74. The first-order valence-corrected chi connectivity index (χ1v) is 5.97. The molecule has 2 rings (SSSR count). The van der Waals surface area contributed by atoms with Crippen LogP contribution in [0.3, 0.4) is 0 Å². The Kier molecular flexibility index (Phi) is 3.80. The molecule has 1 saturated heterocycles. The number of carboxylic acids is 1. The first kappa shape index (κ1) is 13.9. The summed E-state index contributed by atoms with van der Waals surface area (Å²) in [5.41, 5.74) is 0.0706. The minimum absolute atomic E-state index is 0.0265. The summed E-state index contributed by atoms with van der Waals surface area (Å²) in [5, 5.41) is 11.9. The SMILES string of the molecule is O=C(O)CC1CNCC1c1ccc(C(F)(F)F)cc1. The number of halogens is 3. The average Bonchev–Trinajstić information content (AvgIpc) is 2.75. The highest BCUT2D eigenvalue weighted by Crippen LogP contribution is 2.33. The zero-order valence-electron chi connectivity index (χ0n) is 10.1. The molecule has 2 unspecified atom stereocenters. The van der Waals surface area contributed by atoms with Gasteiger partial charge in [0.25, 0.3) is 0 Å². The molecule has 0 aromatic heterocycles. The Bertz CT molecular complexity index is 456. The highest BCUT2D eigenvalue weighted by molar-refractivity contribution is 5.67. The Morgan fingerprint density at radius 1 is 1.26 bits per heavy atom. The van der Waals surface area contributed by atoms with Gasteiger partial charge in [-0.3, -0.25) is 4.79 Å². The number of alkyl halides is 3. The Morgan fingerprint density at radius 3 is 2.42 bits per heavy atom. The van der Waals surface area contributed by atoms with Gasteiger partial charge in [0, 0.05) is 18.9 Å². The van der Waals surface area contributed by atoms with E-state index in [9.17, 15) is 18.0 Å². The van der Waals surface area contributed by atoms with Crippen molar-refractivity contribution in [2.45, 2.75) is 18.5 Å². The molecule has 2 N–H and O–H groups in total. The first-order chi connectivity index (χ1) is 8.88. The lowest BCUT2D eigenvalue weighted by Gasteiger charge is -2.17. The van der Waals surface area contributed by atoms with Crippen LogP contribution in [0.1, 0.15) is 23.5 Å². The average molecular weight is 273 g/mol. The number of carboxylic acid groups (broad SMARTS) is 1. The van der Waals surface area contributed by atoms with E-state index >= 15 is 0 Å². The van der Waals surface area contributed by atoms with E-state index in [1.807, 2.05) is 0 Å². The highest BCUT2D eigenvalue weighted by Gasteiger charge is 2.32. The van der Waals surface area contributed by atoms with Crippen molar-refractivity contribution in [3.8, 4) is 0 Å². The summed E-state index contributed by atoms with van der Waals surface area (Å²) in [5.74, 6) is -1.00. The first-order valence-electron chi connectivity index (χ1n) is 5.97. The monoisotopic (exact) mass is 273 g/mol. The number of aliphatic carboxylic acids is 1. The van der Waals surface area contributed by atoms with Crippen LogP contribution >= 0.6 is 0 Å². The summed E-state index contributed by atoms with van der Waals surface area (Å²) in [6.07, 6.45) is -4.31. The second kappa shape index (κ2) is 5.21. The third kappa shape index (κ3) is 3.26. The van der Waals surface area contributed by atoms with Gasteiger partial charge in [-0.1, -0.05) is 12.1 Å². The van der Waals surface area contributed by atoms with Gasteiger partial charge in [0.15, 0.2) is 0 Å². The number of nitrogens with one attached hydrogen (secondary N) is 1. The predicted molar refractivity (Wildman–Crippen MR) is 62.8 cm³/mol. The smallest absolute Gasteiger partial charge is 0.416 e. The fourth-order valence-corrected chi connectivity index (χ4v) is 2.48. The van der Waals surface area contributed by atoms with E-state index in [2.05, 4.69) is 5.32 Å². The van der Waals surface area contributed by atoms with Crippen molar-refractivity contribution in [3.63, 3.8) is 0 Å². The molecule has 1 fully saturated rings. The van der Waals surface area contributed by atoms with Crippen LogP contribution in [0.15, 0.2) is 24.3 Å². The number of benzene rings is 1. The predicted octanol–water partition coefficient (Wildman–Crippen LogP) is 2.48. The third-order valence-electron chi connectivity index (χ3n) is 3.44. The maximum atomic E-state index is 12.5. The van der Waals surface area contributed by atoms with Crippen molar-refractivity contribution in [1.29, 1.82) is 0 Å². The molecule has 19 heavy (non-hydrogen) atoms.